The number of phenols is 1. The number of aromatic hydroxyl groups is 1. The van der Waals surface area contributed by atoms with E-state index in [4.69, 9.17) is 11.6 Å². The van der Waals surface area contributed by atoms with Gasteiger partial charge in [0, 0.05) is 16.3 Å². The number of hydrogen-bond acceptors (Lipinski definition) is 4. The minimum Gasteiger partial charge on any atom is -0.507 e. The Bertz CT molecular complexity index is 937. The molecule has 3 aromatic rings. The fraction of sp³-hybridized carbons (Fsp3) is 0.0625. The first-order valence-corrected chi connectivity index (χ1v) is 7.86. The summed E-state index contributed by atoms with van der Waals surface area (Å²) >= 11 is 6.95. The SMILES string of the molecule is C=C(Nc1nc2ccc(C(F)(F)F)cc2s1)c1cc(Cl)ccc1O. The van der Waals surface area contributed by atoms with Gasteiger partial charge in [-0.15, -0.1) is 0 Å². The Balaban J connectivity index is 1.90. The molecule has 0 spiro atoms. The summed E-state index contributed by atoms with van der Waals surface area (Å²) in [5, 5.41) is 13.5. The lowest BCUT2D eigenvalue weighted by atomic mass is 10.1. The zero-order valence-electron chi connectivity index (χ0n) is 12.0. The van der Waals surface area contributed by atoms with Crippen LogP contribution in [0.15, 0.2) is 43.0 Å². The van der Waals surface area contributed by atoms with Crippen LogP contribution in [0.3, 0.4) is 0 Å². The number of phenolic OH excluding ortho intramolecular Hbond substituents is 1. The fourth-order valence-corrected chi connectivity index (χ4v) is 3.20. The van der Waals surface area contributed by atoms with Crippen LogP contribution in [0.25, 0.3) is 15.9 Å². The van der Waals surface area contributed by atoms with Crippen LogP contribution in [0, 0.1) is 0 Å². The van der Waals surface area contributed by atoms with Crippen molar-refractivity contribution in [2.45, 2.75) is 6.18 Å². The zero-order chi connectivity index (χ0) is 17.5. The second-order valence-electron chi connectivity index (χ2n) is 4.96. The number of nitrogens with zero attached hydrogens (tertiary/aromatic N) is 1. The molecule has 0 saturated carbocycles. The summed E-state index contributed by atoms with van der Waals surface area (Å²) < 4.78 is 38.7. The molecule has 24 heavy (non-hydrogen) atoms. The summed E-state index contributed by atoms with van der Waals surface area (Å²) in [6.45, 7) is 3.81. The van der Waals surface area contributed by atoms with Gasteiger partial charge in [-0.3, -0.25) is 0 Å². The molecule has 3 rings (SSSR count). The molecule has 124 valence electrons. The third-order valence-electron chi connectivity index (χ3n) is 3.26. The number of benzene rings is 2. The highest BCUT2D eigenvalue weighted by Gasteiger charge is 2.30. The summed E-state index contributed by atoms with van der Waals surface area (Å²) in [5.74, 6) is -0.0163. The van der Waals surface area contributed by atoms with Crippen LogP contribution in [-0.4, -0.2) is 10.1 Å². The van der Waals surface area contributed by atoms with Gasteiger partial charge in [-0.1, -0.05) is 29.5 Å². The monoisotopic (exact) mass is 370 g/mol. The lowest BCUT2D eigenvalue weighted by Gasteiger charge is -2.09. The molecule has 1 aromatic heterocycles. The molecule has 0 aliphatic heterocycles. The molecule has 0 fully saturated rings. The molecule has 0 atom stereocenters. The third-order valence-corrected chi connectivity index (χ3v) is 4.43. The Morgan fingerprint density at radius 1 is 1.21 bits per heavy atom. The van der Waals surface area contributed by atoms with E-state index in [0.29, 0.717) is 31.6 Å². The highest BCUT2D eigenvalue weighted by atomic mass is 35.5. The van der Waals surface area contributed by atoms with E-state index in [0.717, 1.165) is 23.5 Å². The maximum Gasteiger partial charge on any atom is 0.416 e. The number of halogens is 4. The predicted molar refractivity (Wildman–Crippen MR) is 90.4 cm³/mol. The lowest BCUT2D eigenvalue weighted by Crippen LogP contribution is -2.03. The molecular formula is C16H10ClF3N2OS. The average molecular weight is 371 g/mol. The molecule has 0 bridgehead atoms. The second kappa shape index (κ2) is 5.99. The van der Waals surface area contributed by atoms with Gasteiger partial charge in [0.05, 0.1) is 15.8 Å². The molecule has 0 unspecified atom stereocenters. The Hall–Kier alpha value is -2.25. The average Bonchev–Trinajstić information content (AvgIpc) is 2.89. The number of rotatable bonds is 3. The Morgan fingerprint density at radius 2 is 1.96 bits per heavy atom. The van der Waals surface area contributed by atoms with Crippen LogP contribution in [0.4, 0.5) is 18.3 Å². The smallest absolute Gasteiger partial charge is 0.416 e. The van der Waals surface area contributed by atoms with E-state index in [1.165, 1.54) is 24.3 Å². The van der Waals surface area contributed by atoms with E-state index in [1.54, 1.807) is 0 Å². The number of fused-ring (bicyclic) bond motifs is 1. The first-order chi connectivity index (χ1) is 11.2. The number of alkyl halides is 3. The quantitative estimate of drug-likeness (QED) is 0.616. The van der Waals surface area contributed by atoms with Crippen molar-refractivity contribution < 1.29 is 18.3 Å². The standard InChI is InChI=1S/C16H10ClF3N2OS/c1-8(11-7-10(17)3-5-13(11)23)21-15-22-12-4-2-9(16(18,19)20)6-14(12)24-15/h2-7,23H,1H2,(H,21,22). The van der Waals surface area contributed by atoms with Gasteiger partial charge in [-0.25, -0.2) is 4.98 Å². The number of nitrogens with one attached hydrogen (secondary N) is 1. The molecule has 1 heterocycles. The zero-order valence-corrected chi connectivity index (χ0v) is 13.6. The summed E-state index contributed by atoms with van der Waals surface area (Å²) in [7, 11) is 0. The molecule has 0 aliphatic carbocycles. The van der Waals surface area contributed by atoms with Crippen LogP contribution in [0.2, 0.25) is 5.02 Å². The highest BCUT2D eigenvalue weighted by molar-refractivity contribution is 7.22. The summed E-state index contributed by atoms with van der Waals surface area (Å²) in [4.78, 5) is 4.22. The summed E-state index contributed by atoms with van der Waals surface area (Å²) in [5.41, 5.74) is 0.443. The molecule has 0 aliphatic rings. The molecule has 2 aromatic carbocycles. The van der Waals surface area contributed by atoms with Crippen molar-refractivity contribution in [2.24, 2.45) is 0 Å². The Labute approximate surface area is 144 Å². The van der Waals surface area contributed by atoms with Gasteiger partial charge in [0.15, 0.2) is 5.13 Å². The first kappa shape index (κ1) is 16.6. The van der Waals surface area contributed by atoms with Crippen molar-refractivity contribution in [1.82, 2.24) is 4.98 Å². The van der Waals surface area contributed by atoms with Gasteiger partial charge in [-0.2, -0.15) is 13.2 Å². The van der Waals surface area contributed by atoms with Gasteiger partial charge < -0.3 is 10.4 Å². The minimum atomic E-state index is -4.40. The third kappa shape index (κ3) is 3.32. The van der Waals surface area contributed by atoms with Crippen LogP contribution >= 0.6 is 22.9 Å². The highest BCUT2D eigenvalue weighted by Crippen LogP contribution is 2.35. The van der Waals surface area contributed by atoms with Crippen molar-refractivity contribution in [3.8, 4) is 5.75 Å². The lowest BCUT2D eigenvalue weighted by molar-refractivity contribution is -0.137. The van der Waals surface area contributed by atoms with Crippen LogP contribution in [0.1, 0.15) is 11.1 Å². The number of aromatic nitrogens is 1. The van der Waals surface area contributed by atoms with Gasteiger partial charge >= 0.3 is 6.18 Å². The molecule has 0 saturated heterocycles. The van der Waals surface area contributed by atoms with E-state index in [1.807, 2.05) is 0 Å². The van der Waals surface area contributed by atoms with E-state index in [-0.39, 0.29) is 5.75 Å². The van der Waals surface area contributed by atoms with E-state index < -0.39 is 11.7 Å². The van der Waals surface area contributed by atoms with E-state index in [2.05, 4.69) is 16.9 Å². The molecular weight excluding hydrogens is 361 g/mol. The Kier molecular flexibility index (Phi) is 4.15. The van der Waals surface area contributed by atoms with E-state index >= 15 is 0 Å². The predicted octanol–water partition coefficient (Wildman–Crippen LogP) is 5.76. The largest absolute Gasteiger partial charge is 0.507 e. The topological polar surface area (TPSA) is 45.2 Å². The van der Waals surface area contributed by atoms with Gasteiger partial charge in [0.2, 0.25) is 0 Å². The van der Waals surface area contributed by atoms with Crippen molar-refractivity contribution in [3.63, 3.8) is 0 Å². The first-order valence-electron chi connectivity index (χ1n) is 6.66. The van der Waals surface area contributed by atoms with Crippen LogP contribution < -0.4 is 5.32 Å². The van der Waals surface area contributed by atoms with Crippen molar-refractivity contribution in [1.29, 1.82) is 0 Å². The van der Waals surface area contributed by atoms with Crippen LogP contribution in [-0.2, 0) is 6.18 Å². The van der Waals surface area contributed by atoms with Gasteiger partial charge in [-0.05, 0) is 36.4 Å². The fourth-order valence-electron chi connectivity index (χ4n) is 2.10. The molecule has 0 amide bonds. The molecule has 2 N–H and O–H groups in total. The molecule has 8 heteroatoms. The summed E-state index contributed by atoms with van der Waals surface area (Å²) in [6, 6.07) is 7.85. The van der Waals surface area contributed by atoms with Gasteiger partial charge in [0.1, 0.15) is 5.75 Å². The Morgan fingerprint density at radius 3 is 2.67 bits per heavy atom. The second-order valence-corrected chi connectivity index (χ2v) is 6.43. The number of hydrogen-bond donors (Lipinski definition) is 2. The van der Waals surface area contributed by atoms with Crippen molar-refractivity contribution in [3.05, 3.63) is 59.1 Å². The van der Waals surface area contributed by atoms with Crippen molar-refractivity contribution in [2.75, 3.05) is 5.32 Å². The molecule has 0 radical (unpaired) electrons. The number of anilines is 1. The maximum atomic E-state index is 12.8. The van der Waals surface area contributed by atoms with Crippen molar-refractivity contribution >= 4 is 44.0 Å². The maximum absolute atomic E-state index is 12.8. The van der Waals surface area contributed by atoms with E-state index in [9.17, 15) is 18.3 Å². The normalized spacial score (nSPS) is 11.7. The van der Waals surface area contributed by atoms with Crippen LogP contribution in [0.5, 0.6) is 5.75 Å². The summed E-state index contributed by atoms with van der Waals surface area (Å²) in [6.07, 6.45) is -4.40. The number of thiazole rings is 1. The minimum absolute atomic E-state index is 0.0163. The van der Waals surface area contributed by atoms with Gasteiger partial charge in [0.25, 0.3) is 0 Å². The molecule has 3 nitrogen and oxygen atoms in total.